The minimum Gasteiger partial charge on any atom is -0.462 e. The molecule has 0 aromatic rings. The van der Waals surface area contributed by atoms with Gasteiger partial charge in [0.15, 0.2) is 12.2 Å². The van der Waals surface area contributed by atoms with Crippen LogP contribution in [-0.4, -0.2) is 96.7 Å². The molecule has 0 radical (unpaired) electrons. The highest BCUT2D eigenvalue weighted by molar-refractivity contribution is 7.47. The molecule has 0 spiro atoms. The van der Waals surface area contributed by atoms with Crippen molar-refractivity contribution in [3.63, 3.8) is 0 Å². The summed E-state index contributed by atoms with van der Waals surface area (Å²) in [6, 6.07) is 0. The molecule has 0 amide bonds. The molecule has 0 saturated heterocycles. The summed E-state index contributed by atoms with van der Waals surface area (Å²) in [5, 5.41) is 10.4. The van der Waals surface area contributed by atoms with E-state index >= 15 is 0 Å². The quantitative estimate of drug-likeness (QED) is 0.0222. The second-order valence-electron chi connectivity index (χ2n) is 17.8. The first-order valence-electron chi connectivity index (χ1n) is 26.3. The Morgan fingerprint density at radius 3 is 0.868 bits per heavy atom. The summed E-state index contributed by atoms with van der Waals surface area (Å²) in [5.74, 6) is -2.18. The molecule has 68 heavy (non-hydrogen) atoms. The van der Waals surface area contributed by atoms with Crippen molar-refractivity contribution in [3.8, 4) is 0 Å². The average molecular weight is 1020 g/mol. The Labute approximate surface area is 409 Å². The monoisotopic (exact) mass is 1020 g/mol. The topological polar surface area (TPSA) is 237 Å². The van der Waals surface area contributed by atoms with E-state index in [1.807, 2.05) is 0 Å². The number of aliphatic hydroxyl groups excluding tert-OH is 1. The van der Waals surface area contributed by atoms with Crippen molar-refractivity contribution in [1.29, 1.82) is 0 Å². The van der Waals surface area contributed by atoms with E-state index in [0.717, 1.165) is 116 Å². The number of ether oxygens (including phenoxy) is 4. The fourth-order valence-electron chi connectivity index (χ4n) is 6.98. The van der Waals surface area contributed by atoms with Crippen LogP contribution in [0.1, 0.15) is 233 Å². The number of esters is 4. The van der Waals surface area contributed by atoms with E-state index in [1.165, 1.54) is 38.5 Å². The smallest absolute Gasteiger partial charge is 0.462 e. The van der Waals surface area contributed by atoms with Crippen LogP contribution >= 0.6 is 15.6 Å². The summed E-state index contributed by atoms with van der Waals surface area (Å²) < 4.78 is 66.9. The predicted molar refractivity (Wildman–Crippen MR) is 262 cm³/mol. The van der Waals surface area contributed by atoms with Crippen LogP contribution in [0.2, 0.25) is 0 Å². The number of carbonyl (C=O) groups excluding carboxylic acids is 4. The molecule has 0 fully saturated rings. The molecule has 0 saturated carbocycles. The lowest BCUT2D eigenvalue weighted by Crippen LogP contribution is -2.30. The maximum absolute atomic E-state index is 12.8. The SMILES string of the molecule is CCCCCCCCCCC(=O)OC[C@H](COP(=O)(O)OCC(O)COP(=O)(O)OC[C@@H](COC(=O)CCCCCCCCCC)OC(=O)CCCCCCCC)OC(=O)CCCCCCCC. The van der Waals surface area contributed by atoms with Crippen molar-refractivity contribution in [2.24, 2.45) is 0 Å². The molecule has 0 aliphatic rings. The first-order valence-corrected chi connectivity index (χ1v) is 29.3. The number of hydrogen-bond donors (Lipinski definition) is 3. The summed E-state index contributed by atoms with van der Waals surface area (Å²) in [5.41, 5.74) is 0. The molecule has 0 heterocycles. The highest BCUT2D eigenvalue weighted by Gasteiger charge is 2.30. The lowest BCUT2D eigenvalue weighted by Gasteiger charge is -2.21. The van der Waals surface area contributed by atoms with Crippen LogP contribution in [0.4, 0.5) is 0 Å². The van der Waals surface area contributed by atoms with Gasteiger partial charge in [0.2, 0.25) is 0 Å². The molecular formula is C49H94O17P2. The highest BCUT2D eigenvalue weighted by atomic mass is 31.2. The zero-order valence-corrected chi connectivity index (χ0v) is 44.3. The number of rotatable bonds is 50. The second-order valence-corrected chi connectivity index (χ2v) is 20.8. The number of unbranched alkanes of at least 4 members (excludes halogenated alkanes) is 24. The molecule has 0 aliphatic heterocycles. The van der Waals surface area contributed by atoms with Gasteiger partial charge in [0.25, 0.3) is 0 Å². The van der Waals surface area contributed by atoms with Crippen LogP contribution in [0, 0.1) is 0 Å². The molecule has 0 rings (SSSR count). The third kappa shape index (κ3) is 44.0. The maximum Gasteiger partial charge on any atom is 0.472 e. The number of hydrogen-bond acceptors (Lipinski definition) is 15. The van der Waals surface area contributed by atoms with E-state index in [-0.39, 0.29) is 25.7 Å². The van der Waals surface area contributed by atoms with Crippen molar-refractivity contribution in [2.45, 2.75) is 251 Å². The van der Waals surface area contributed by atoms with Gasteiger partial charge in [0, 0.05) is 25.7 Å². The standard InChI is InChI=1S/C49H94O17P2/c1-5-9-13-17-21-23-27-29-33-46(51)59-39-44(65-48(53)35-31-25-19-15-11-7-3)41-63-67(55,56)61-37-43(50)38-62-68(57,58)64-42-45(66-49(54)36-32-26-20-16-12-8-4)40-60-47(52)34-30-28-24-22-18-14-10-6-2/h43-45,50H,5-42H2,1-4H3,(H,55,56)(H,57,58)/t44-,45-/m1/s1. The molecule has 17 nitrogen and oxygen atoms in total. The van der Waals surface area contributed by atoms with E-state index in [4.69, 9.17) is 37.0 Å². The summed E-state index contributed by atoms with van der Waals surface area (Å²) in [4.78, 5) is 70.9. The number of carbonyl (C=O) groups is 4. The molecule has 402 valence electrons. The van der Waals surface area contributed by atoms with Crippen LogP contribution in [0.5, 0.6) is 0 Å². The van der Waals surface area contributed by atoms with E-state index in [2.05, 4.69) is 27.7 Å². The normalized spacial score (nSPS) is 14.6. The lowest BCUT2D eigenvalue weighted by atomic mass is 10.1. The van der Waals surface area contributed by atoms with Crippen molar-refractivity contribution < 1.29 is 80.2 Å². The first-order chi connectivity index (χ1) is 32.7. The Balaban J connectivity index is 5.14. The molecule has 0 aliphatic carbocycles. The van der Waals surface area contributed by atoms with Crippen molar-refractivity contribution in [1.82, 2.24) is 0 Å². The zero-order chi connectivity index (χ0) is 50.6. The van der Waals surface area contributed by atoms with Gasteiger partial charge in [-0.25, -0.2) is 9.13 Å². The molecule has 0 aromatic carbocycles. The largest absolute Gasteiger partial charge is 0.472 e. The molecular weight excluding hydrogens is 922 g/mol. The second kappa shape index (κ2) is 45.0. The summed E-state index contributed by atoms with van der Waals surface area (Å²) >= 11 is 0. The number of phosphoric ester groups is 2. The highest BCUT2D eigenvalue weighted by Crippen LogP contribution is 2.45. The van der Waals surface area contributed by atoms with Gasteiger partial charge in [-0.05, 0) is 25.7 Å². The predicted octanol–water partition coefficient (Wildman–Crippen LogP) is 12.1. The van der Waals surface area contributed by atoms with E-state index in [0.29, 0.717) is 25.7 Å². The van der Waals surface area contributed by atoms with E-state index in [9.17, 15) is 43.2 Å². The molecule has 19 heteroatoms. The van der Waals surface area contributed by atoms with Crippen molar-refractivity contribution in [3.05, 3.63) is 0 Å². The Morgan fingerprint density at radius 2 is 0.588 bits per heavy atom. The van der Waals surface area contributed by atoms with Gasteiger partial charge >= 0.3 is 39.5 Å². The van der Waals surface area contributed by atoms with E-state index < -0.39 is 97.5 Å². The van der Waals surface area contributed by atoms with Crippen LogP contribution in [0.25, 0.3) is 0 Å². The summed E-state index contributed by atoms with van der Waals surface area (Å²) in [6.45, 7) is 4.59. The number of phosphoric acid groups is 2. The third-order valence-electron chi connectivity index (χ3n) is 11.1. The van der Waals surface area contributed by atoms with Crippen molar-refractivity contribution >= 4 is 39.5 Å². The van der Waals surface area contributed by atoms with Gasteiger partial charge in [-0.2, -0.15) is 0 Å². The molecule has 0 bridgehead atoms. The van der Waals surface area contributed by atoms with Gasteiger partial charge in [0.05, 0.1) is 26.4 Å². The average Bonchev–Trinajstić information content (AvgIpc) is 3.30. The Kier molecular flexibility index (Phi) is 43.7. The Bertz CT molecular complexity index is 1250. The number of aliphatic hydroxyl groups is 1. The summed E-state index contributed by atoms with van der Waals surface area (Å²) in [6.07, 6.45) is 24.5. The lowest BCUT2D eigenvalue weighted by molar-refractivity contribution is -0.161. The van der Waals surface area contributed by atoms with Crippen molar-refractivity contribution in [2.75, 3.05) is 39.6 Å². The van der Waals surface area contributed by atoms with E-state index in [1.54, 1.807) is 0 Å². The fraction of sp³-hybridized carbons (Fsp3) is 0.918. The van der Waals surface area contributed by atoms with Crippen LogP contribution in [-0.2, 0) is 65.4 Å². The van der Waals surface area contributed by atoms with Gasteiger partial charge in [-0.1, -0.05) is 182 Å². The van der Waals surface area contributed by atoms with Gasteiger partial charge in [-0.3, -0.25) is 37.3 Å². The minimum absolute atomic E-state index is 0.102. The maximum atomic E-state index is 12.8. The van der Waals surface area contributed by atoms with Crippen LogP contribution < -0.4 is 0 Å². The minimum atomic E-state index is -4.92. The molecule has 0 aromatic heterocycles. The first kappa shape index (κ1) is 66.1. The fourth-order valence-corrected chi connectivity index (χ4v) is 8.56. The van der Waals surface area contributed by atoms with Crippen LogP contribution in [0.3, 0.4) is 0 Å². The molecule has 3 N–H and O–H groups in total. The third-order valence-corrected chi connectivity index (χ3v) is 13.0. The van der Waals surface area contributed by atoms with Gasteiger partial charge < -0.3 is 33.8 Å². The van der Waals surface area contributed by atoms with Gasteiger partial charge in [-0.15, -0.1) is 0 Å². The summed E-state index contributed by atoms with van der Waals surface area (Å²) in [7, 11) is -9.83. The molecule has 4 atom stereocenters. The zero-order valence-electron chi connectivity index (χ0n) is 42.6. The Hall–Kier alpha value is -1.94. The van der Waals surface area contributed by atoms with Crippen LogP contribution in [0.15, 0.2) is 0 Å². The molecule has 2 unspecified atom stereocenters. The van der Waals surface area contributed by atoms with Gasteiger partial charge in [0.1, 0.15) is 19.3 Å². The Morgan fingerprint density at radius 1 is 0.353 bits per heavy atom.